The molecule has 1 saturated heterocycles. The van der Waals surface area contributed by atoms with Crippen LogP contribution in [0.3, 0.4) is 0 Å². The predicted octanol–water partition coefficient (Wildman–Crippen LogP) is 3.83. The van der Waals surface area contributed by atoms with Gasteiger partial charge >= 0.3 is 0 Å². The summed E-state index contributed by atoms with van der Waals surface area (Å²) in [6.07, 6.45) is 1.14. The summed E-state index contributed by atoms with van der Waals surface area (Å²) in [4.78, 5) is 14.4. The van der Waals surface area contributed by atoms with Gasteiger partial charge in [0.25, 0.3) is 0 Å². The quantitative estimate of drug-likeness (QED) is 0.548. The molecule has 1 aliphatic heterocycles. The first-order valence-corrected chi connectivity index (χ1v) is 9.78. The molecule has 3 rings (SSSR count). The second kappa shape index (κ2) is 10.00. The molecule has 0 bridgehead atoms. The number of hydrogen-bond donors (Lipinski definition) is 0. The van der Waals surface area contributed by atoms with E-state index >= 15 is 0 Å². The standard InChI is InChI=1S/C19H26N4OS.ClH/c1-4-13-25-18-14-17(23-11-9-22(2)10-12-23)20-19(21-18)15-5-7-16(24-3)8-6-15;/h5-8,14H,4,9-13H2,1-3H3;1H. The zero-order valence-corrected chi connectivity index (χ0v) is 17.3. The van der Waals surface area contributed by atoms with Crippen LogP contribution in [0.4, 0.5) is 5.82 Å². The zero-order chi connectivity index (χ0) is 17.6. The minimum Gasteiger partial charge on any atom is -0.497 e. The fourth-order valence-electron chi connectivity index (χ4n) is 2.76. The van der Waals surface area contributed by atoms with Gasteiger partial charge in [-0.05, 0) is 43.5 Å². The smallest absolute Gasteiger partial charge is 0.162 e. The Morgan fingerprint density at radius 2 is 1.77 bits per heavy atom. The van der Waals surface area contributed by atoms with Crippen molar-refractivity contribution in [3.8, 4) is 17.1 Å². The van der Waals surface area contributed by atoms with Crippen LogP contribution in [0.25, 0.3) is 11.4 Å². The third-order valence-corrected chi connectivity index (χ3v) is 5.44. The van der Waals surface area contributed by atoms with Crippen LogP contribution in [0.15, 0.2) is 35.4 Å². The maximum atomic E-state index is 5.25. The van der Waals surface area contributed by atoms with Crippen LogP contribution >= 0.6 is 24.2 Å². The first kappa shape index (κ1) is 20.8. The molecular weight excluding hydrogens is 368 g/mol. The highest BCUT2D eigenvalue weighted by Gasteiger charge is 2.17. The van der Waals surface area contributed by atoms with Crippen LogP contribution in [0.2, 0.25) is 0 Å². The summed E-state index contributed by atoms with van der Waals surface area (Å²) in [7, 11) is 3.85. The summed E-state index contributed by atoms with van der Waals surface area (Å²) in [6.45, 7) is 6.35. The summed E-state index contributed by atoms with van der Waals surface area (Å²) in [5, 5.41) is 1.05. The molecule has 0 saturated carbocycles. The van der Waals surface area contributed by atoms with E-state index in [0.29, 0.717) is 0 Å². The van der Waals surface area contributed by atoms with Crippen molar-refractivity contribution in [1.29, 1.82) is 0 Å². The molecule has 1 aromatic heterocycles. The van der Waals surface area contributed by atoms with E-state index in [1.54, 1.807) is 18.9 Å². The molecular formula is C19H27ClN4OS. The number of aromatic nitrogens is 2. The largest absolute Gasteiger partial charge is 0.497 e. The van der Waals surface area contributed by atoms with Gasteiger partial charge in [-0.1, -0.05) is 6.92 Å². The Morgan fingerprint density at radius 1 is 1.08 bits per heavy atom. The maximum absolute atomic E-state index is 5.25. The van der Waals surface area contributed by atoms with Crippen LogP contribution in [0.1, 0.15) is 13.3 Å². The van der Waals surface area contributed by atoms with Gasteiger partial charge in [-0.25, -0.2) is 9.97 Å². The summed E-state index contributed by atoms with van der Waals surface area (Å²) >= 11 is 1.80. The van der Waals surface area contributed by atoms with Gasteiger partial charge in [0, 0.05) is 37.8 Å². The predicted molar refractivity (Wildman–Crippen MR) is 112 cm³/mol. The highest BCUT2D eigenvalue weighted by molar-refractivity contribution is 7.99. The number of piperazine rings is 1. The number of methoxy groups -OCH3 is 1. The van der Waals surface area contributed by atoms with Gasteiger partial charge in [0.1, 0.15) is 16.6 Å². The van der Waals surface area contributed by atoms with Crippen molar-refractivity contribution in [2.75, 3.05) is 51.0 Å². The van der Waals surface area contributed by atoms with E-state index in [2.05, 4.69) is 29.8 Å². The number of ether oxygens (including phenoxy) is 1. The first-order chi connectivity index (χ1) is 12.2. The van der Waals surface area contributed by atoms with Crippen LogP contribution in [0.5, 0.6) is 5.75 Å². The molecule has 1 fully saturated rings. The molecule has 0 aliphatic carbocycles. The molecule has 1 aliphatic rings. The average Bonchev–Trinajstić information content (AvgIpc) is 2.67. The minimum absolute atomic E-state index is 0. The van der Waals surface area contributed by atoms with Crippen LogP contribution < -0.4 is 9.64 Å². The number of hydrogen-bond acceptors (Lipinski definition) is 6. The SMILES string of the molecule is CCCSc1cc(N2CCN(C)CC2)nc(-c2ccc(OC)cc2)n1.Cl. The van der Waals surface area contributed by atoms with Gasteiger partial charge in [0.2, 0.25) is 0 Å². The van der Waals surface area contributed by atoms with Gasteiger partial charge in [-0.3, -0.25) is 0 Å². The van der Waals surface area contributed by atoms with Crippen molar-refractivity contribution in [1.82, 2.24) is 14.9 Å². The Hall–Kier alpha value is -1.50. The topological polar surface area (TPSA) is 41.5 Å². The molecule has 142 valence electrons. The number of likely N-dealkylation sites (N-methyl/N-ethyl adjacent to an activating group) is 1. The Morgan fingerprint density at radius 3 is 2.38 bits per heavy atom. The van der Waals surface area contributed by atoms with Gasteiger partial charge in [-0.2, -0.15) is 0 Å². The number of anilines is 1. The number of thioether (sulfide) groups is 1. The van der Waals surface area contributed by atoms with Crippen molar-refractivity contribution < 1.29 is 4.74 Å². The Kier molecular flexibility index (Phi) is 8.00. The molecule has 26 heavy (non-hydrogen) atoms. The fraction of sp³-hybridized carbons (Fsp3) is 0.474. The monoisotopic (exact) mass is 394 g/mol. The summed E-state index contributed by atoms with van der Waals surface area (Å²) in [5.74, 6) is 3.74. The van der Waals surface area contributed by atoms with Crippen molar-refractivity contribution in [2.45, 2.75) is 18.4 Å². The normalized spacial score (nSPS) is 14.8. The lowest BCUT2D eigenvalue weighted by atomic mass is 10.2. The van der Waals surface area contributed by atoms with E-state index in [1.807, 2.05) is 24.3 Å². The summed E-state index contributed by atoms with van der Waals surface area (Å²) < 4.78 is 5.25. The fourth-order valence-corrected chi connectivity index (χ4v) is 3.51. The van der Waals surface area contributed by atoms with E-state index in [-0.39, 0.29) is 12.4 Å². The van der Waals surface area contributed by atoms with Gasteiger partial charge < -0.3 is 14.5 Å². The molecule has 0 spiro atoms. The van der Waals surface area contributed by atoms with Crippen molar-refractivity contribution in [3.05, 3.63) is 30.3 Å². The second-order valence-electron chi connectivity index (χ2n) is 6.26. The molecule has 2 aromatic rings. The lowest BCUT2D eigenvalue weighted by Crippen LogP contribution is -2.44. The Bertz CT molecular complexity index is 690. The van der Waals surface area contributed by atoms with Crippen molar-refractivity contribution in [2.24, 2.45) is 0 Å². The first-order valence-electron chi connectivity index (χ1n) is 8.79. The van der Waals surface area contributed by atoms with E-state index in [4.69, 9.17) is 14.7 Å². The Balaban J connectivity index is 0.00000243. The summed E-state index contributed by atoms with van der Waals surface area (Å²) in [6, 6.07) is 10.1. The van der Waals surface area contributed by atoms with E-state index < -0.39 is 0 Å². The van der Waals surface area contributed by atoms with Crippen LogP contribution in [-0.2, 0) is 0 Å². The third-order valence-electron chi connectivity index (χ3n) is 4.32. The van der Waals surface area contributed by atoms with Crippen molar-refractivity contribution in [3.63, 3.8) is 0 Å². The molecule has 7 heteroatoms. The number of rotatable bonds is 6. The molecule has 0 atom stereocenters. The van der Waals surface area contributed by atoms with Gasteiger partial charge in [0.05, 0.1) is 7.11 Å². The maximum Gasteiger partial charge on any atom is 0.162 e. The van der Waals surface area contributed by atoms with Crippen molar-refractivity contribution >= 4 is 30.0 Å². The van der Waals surface area contributed by atoms with E-state index in [0.717, 1.165) is 66.3 Å². The number of halogens is 1. The Labute approximate surface area is 166 Å². The molecule has 2 heterocycles. The van der Waals surface area contributed by atoms with Gasteiger partial charge in [-0.15, -0.1) is 24.2 Å². The second-order valence-corrected chi connectivity index (χ2v) is 7.37. The van der Waals surface area contributed by atoms with Crippen LogP contribution in [-0.4, -0.2) is 61.0 Å². The highest BCUT2D eigenvalue weighted by Crippen LogP contribution is 2.27. The molecule has 0 unspecified atom stereocenters. The lowest BCUT2D eigenvalue weighted by molar-refractivity contribution is 0.312. The number of benzene rings is 1. The molecule has 0 N–H and O–H groups in total. The van der Waals surface area contributed by atoms with E-state index in [1.165, 1.54) is 0 Å². The number of nitrogens with zero attached hydrogens (tertiary/aromatic N) is 4. The summed E-state index contributed by atoms with van der Waals surface area (Å²) in [5.41, 5.74) is 1.02. The highest BCUT2D eigenvalue weighted by atomic mass is 35.5. The molecule has 0 radical (unpaired) electrons. The average molecular weight is 395 g/mol. The molecule has 1 aromatic carbocycles. The minimum atomic E-state index is 0. The molecule has 0 amide bonds. The molecule has 5 nitrogen and oxygen atoms in total. The zero-order valence-electron chi connectivity index (χ0n) is 15.6. The third kappa shape index (κ3) is 5.25. The van der Waals surface area contributed by atoms with E-state index in [9.17, 15) is 0 Å². The van der Waals surface area contributed by atoms with Crippen LogP contribution in [0, 0.1) is 0 Å². The lowest BCUT2D eigenvalue weighted by Gasteiger charge is -2.33. The van der Waals surface area contributed by atoms with Gasteiger partial charge in [0.15, 0.2) is 5.82 Å².